The van der Waals surface area contributed by atoms with Crippen molar-refractivity contribution in [2.75, 3.05) is 20.3 Å². The summed E-state index contributed by atoms with van der Waals surface area (Å²) < 4.78 is 10.3. The topological polar surface area (TPSA) is 62.9 Å². The van der Waals surface area contributed by atoms with Crippen molar-refractivity contribution >= 4 is 5.97 Å². The van der Waals surface area contributed by atoms with E-state index in [0.29, 0.717) is 17.9 Å². The Morgan fingerprint density at radius 3 is 3.11 bits per heavy atom. The number of rotatable bonds is 4. The van der Waals surface area contributed by atoms with E-state index in [1.54, 1.807) is 13.0 Å². The zero-order chi connectivity index (χ0) is 13.1. The van der Waals surface area contributed by atoms with Crippen LogP contribution in [0.2, 0.25) is 0 Å². The van der Waals surface area contributed by atoms with Gasteiger partial charge >= 0.3 is 5.97 Å². The first-order valence-corrected chi connectivity index (χ1v) is 6.18. The third-order valence-corrected chi connectivity index (χ3v) is 3.44. The fraction of sp³-hybridized carbons (Fsp3) is 0.615. The molecule has 2 rings (SSSR count). The first kappa shape index (κ1) is 13.1. The summed E-state index contributed by atoms with van der Waals surface area (Å²) in [4.78, 5) is 13.6. The van der Waals surface area contributed by atoms with E-state index in [-0.39, 0.29) is 18.6 Å². The van der Waals surface area contributed by atoms with Crippen LogP contribution in [0.25, 0.3) is 0 Å². The maximum Gasteiger partial charge on any atom is 0.341 e. The molecule has 1 aliphatic rings. The molecule has 0 amide bonds. The van der Waals surface area contributed by atoms with Crippen LogP contribution in [0, 0.1) is 6.92 Å². The second-order valence-electron chi connectivity index (χ2n) is 4.62. The van der Waals surface area contributed by atoms with Gasteiger partial charge < -0.3 is 14.3 Å². The number of aliphatic hydroxyl groups excluding tert-OH is 1. The molecule has 100 valence electrons. The molecule has 0 spiro atoms. The average molecular weight is 253 g/mol. The minimum atomic E-state index is -0.373. The molecule has 18 heavy (non-hydrogen) atoms. The fourth-order valence-electron chi connectivity index (χ4n) is 2.44. The molecule has 1 aliphatic heterocycles. The number of ether oxygens (including phenoxy) is 1. The molecule has 0 aromatic carbocycles. The monoisotopic (exact) mass is 253 g/mol. The third kappa shape index (κ3) is 2.57. The summed E-state index contributed by atoms with van der Waals surface area (Å²) in [5, 5.41) is 9.25. The van der Waals surface area contributed by atoms with Gasteiger partial charge in [-0.2, -0.15) is 0 Å². The van der Waals surface area contributed by atoms with Crippen LogP contribution in [0.15, 0.2) is 10.5 Å². The van der Waals surface area contributed by atoms with Crippen LogP contribution in [0.4, 0.5) is 0 Å². The average Bonchev–Trinajstić information content (AvgIpc) is 2.95. The molecule has 1 atom stereocenters. The van der Waals surface area contributed by atoms with Gasteiger partial charge in [-0.05, 0) is 32.4 Å². The Hall–Kier alpha value is -1.33. The van der Waals surface area contributed by atoms with Gasteiger partial charge in [-0.1, -0.05) is 0 Å². The standard InChI is InChI=1S/C13H19NO4/c1-9-12(13(16)17-2)6-11(18-9)7-14-5-3-4-10(14)8-15/h6,10,15H,3-5,7-8H2,1-2H3/t10-/m0/s1. The van der Waals surface area contributed by atoms with Gasteiger partial charge in [-0.25, -0.2) is 4.79 Å². The highest BCUT2D eigenvalue weighted by Gasteiger charge is 2.25. The lowest BCUT2D eigenvalue weighted by Crippen LogP contribution is -2.31. The lowest BCUT2D eigenvalue weighted by atomic mass is 10.2. The van der Waals surface area contributed by atoms with Crippen molar-refractivity contribution in [2.24, 2.45) is 0 Å². The molecule has 1 saturated heterocycles. The maximum absolute atomic E-state index is 11.5. The molecule has 0 unspecified atom stereocenters. The van der Waals surface area contributed by atoms with Crippen LogP contribution in [0.1, 0.15) is 34.7 Å². The van der Waals surface area contributed by atoms with E-state index < -0.39 is 0 Å². The first-order valence-electron chi connectivity index (χ1n) is 6.18. The van der Waals surface area contributed by atoms with Gasteiger partial charge in [-0.3, -0.25) is 4.90 Å². The molecule has 0 bridgehead atoms. The Bertz CT molecular complexity index is 427. The van der Waals surface area contributed by atoms with Crippen molar-refractivity contribution in [3.05, 3.63) is 23.2 Å². The van der Waals surface area contributed by atoms with E-state index in [4.69, 9.17) is 9.15 Å². The number of likely N-dealkylation sites (tertiary alicyclic amines) is 1. The van der Waals surface area contributed by atoms with Crippen LogP contribution in [-0.4, -0.2) is 42.3 Å². The number of aryl methyl sites for hydroxylation is 1. The predicted octanol–water partition coefficient (Wildman–Crippen LogP) is 1.33. The molecule has 1 aromatic heterocycles. The van der Waals surface area contributed by atoms with Gasteiger partial charge in [0.25, 0.3) is 0 Å². The van der Waals surface area contributed by atoms with E-state index in [9.17, 15) is 9.90 Å². The number of aliphatic hydroxyl groups is 1. The van der Waals surface area contributed by atoms with Crippen LogP contribution < -0.4 is 0 Å². The zero-order valence-electron chi connectivity index (χ0n) is 10.8. The van der Waals surface area contributed by atoms with Crippen LogP contribution >= 0.6 is 0 Å². The minimum Gasteiger partial charge on any atom is -0.465 e. The Kier molecular flexibility index (Phi) is 4.04. The normalized spacial score (nSPS) is 20.3. The lowest BCUT2D eigenvalue weighted by molar-refractivity contribution is 0.0599. The largest absolute Gasteiger partial charge is 0.465 e. The Morgan fingerprint density at radius 2 is 2.44 bits per heavy atom. The Labute approximate surface area is 106 Å². The summed E-state index contributed by atoms with van der Waals surface area (Å²) in [7, 11) is 1.36. The van der Waals surface area contributed by atoms with Crippen LogP contribution in [-0.2, 0) is 11.3 Å². The third-order valence-electron chi connectivity index (χ3n) is 3.44. The number of furan rings is 1. The lowest BCUT2D eigenvalue weighted by Gasteiger charge is -2.21. The molecule has 2 heterocycles. The van der Waals surface area contributed by atoms with Gasteiger partial charge in [0, 0.05) is 6.04 Å². The highest BCUT2D eigenvalue weighted by atomic mass is 16.5. The molecule has 5 heteroatoms. The Balaban J connectivity index is 2.08. The second kappa shape index (κ2) is 5.54. The first-order chi connectivity index (χ1) is 8.65. The summed E-state index contributed by atoms with van der Waals surface area (Å²) in [6.07, 6.45) is 2.11. The SMILES string of the molecule is COC(=O)c1cc(CN2CCC[C@H]2CO)oc1C. The number of carbonyl (C=O) groups excluding carboxylic acids is 1. The molecule has 1 N–H and O–H groups in total. The molecule has 1 aromatic rings. The van der Waals surface area contributed by atoms with Crippen molar-refractivity contribution in [3.63, 3.8) is 0 Å². The van der Waals surface area contributed by atoms with Crippen molar-refractivity contribution in [1.29, 1.82) is 0 Å². The van der Waals surface area contributed by atoms with E-state index in [1.807, 2.05) is 0 Å². The van der Waals surface area contributed by atoms with E-state index in [2.05, 4.69) is 4.90 Å². The second-order valence-corrected chi connectivity index (χ2v) is 4.62. The van der Waals surface area contributed by atoms with Crippen molar-refractivity contribution in [3.8, 4) is 0 Å². The highest BCUT2D eigenvalue weighted by Crippen LogP contribution is 2.22. The van der Waals surface area contributed by atoms with Gasteiger partial charge in [0.05, 0.1) is 20.3 Å². The number of hydrogen-bond acceptors (Lipinski definition) is 5. The molecule has 1 fully saturated rings. The Morgan fingerprint density at radius 1 is 1.67 bits per heavy atom. The molecule has 0 saturated carbocycles. The van der Waals surface area contributed by atoms with Crippen LogP contribution in [0.3, 0.4) is 0 Å². The van der Waals surface area contributed by atoms with Gasteiger partial charge in [-0.15, -0.1) is 0 Å². The molecule has 0 radical (unpaired) electrons. The maximum atomic E-state index is 11.5. The highest BCUT2D eigenvalue weighted by molar-refractivity contribution is 5.90. The van der Waals surface area contributed by atoms with Gasteiger partial charge in [0.2, 0.25) is 0 Å². The fourth-order valence-corrected chi connectivity index (χ4v) is 2.44. The number of carbonyl (C=O) groups is 1. The van der Waals surface area contributed by atoms with Crippen molar-refractivity contribution < 1.29 is 19.1 Å². The summed E-state index contributed by atoms with van der Waals surface area (Å²) in [5.41, 5.74) is 0.479. The number of hydrogen-bond donors (Lipinski definition) is 1. The summed E-state index contributed by atoms with van der Waals surface area (Å²) in [6, 6.07) is 1.94. The summed E-state index contributed by atoms with van der Waals surface area (Å²) in [6.45, 7) is 3.51. The summed E-state index contributed by atoms with van der Waals surface area (Å²) >= 11 is 0. The van der Waals surface area contributed by atoms with E-state index >= 15 is 0 Å². The smallest absolute Gasteiger partial charge is 0.341 e. The molecular weight excluding hydrogens is 234 g/mol. The number of esters is 1. The number of nitrogens with zero attached hydrogens (tertiary/aromatic N) is 1. The van der Waals surface area contributed by atoms with Gasteiger partial charge in [0.15, 0.2) is 0 Å². The van der Waals surface area contributed by atoms with Gasteiger partial charge in [0.1, 0.15) is 17.1 Å². The molecule has 5 nitrogen and oxygen atoms in total. The van der Waals surface area contributed by atoms with E-state index in [1.165, 1.54) is 7.11 Å². The van der Waals surface area contributed by atoms with Crippen LogP contribution in [0.5, 0.6) is 0 Å². The number of methoxy groups -OCH3 is 1. The molecule has 0 aliphatic carbocycles. The van der Waals surface area contributed by atoms with Crippen molar-refractivity contribution in [1.82, 2.24) is 4.90 Å². The zero-order valence-corrected chi connectivity index (χ0v) is 10.8. The minimum absolute atomic E-state index is 0.170. The molecular formula is C13H19NO4. The predicted molar refractivity (Wildman–Crippen MR) is 65.3 cm³/mol. The van der Waals surface area contributed by atoms with Crippen molar-refractivity contribution in [2.45, 2.75) is 32.4 Å². The summed E-state index contributed by atoms with van der Waals surface area (Å²) in [5.74, 6) is 0.951. The van der Waals surface area contributed by atoms with E-state index in [0.717, 1.165) is 25.1 Å². The quantitative estimate of drug-likeness (QED) is 0.820.